The van der Waals surface area contributed by atoms with Gasteiger partial charge >= 0.3 is 5.69 Å². The number of ketones is 1. The van der Waals surface area contributed by atoms with Gasteiger partial charge in [-0.3, -0.25) is 14.6 Å². The normalized spacial score (nSPS) is 12.0. The molecule has 0 bridgehead atoms. The molecule has 3 rings (SSSR count). The fourth-order valence-corrected chi connectivity index (χ4v) is 3.59. The second-order valence-electron chi connectivity index (χ2n) is 5.77. The average Bonchev–Trinajstić information content (AvgIpc) is 2.58. The van der Waals surface area contributed by atoms with Gasteiger partial charge < -0.3 is 0 Å². The molecule has 0 radical (unpaired) electrons. The molecule has 0 aliphatic heterocycles. The average molecular weight is 425 g/mol. The van der Waals surface area contributed by atoms with E-state index in [1.165, 1.54) is 19.1 Å². The Balaban J connectivity index is 2.16. The van der Waals surface area contributed by atoms with E-state index < -0.39 is 17.2 Å². The van der Waals surface area contributed by atoms with E-state index in [-0.39, 0.29) is 21.5 Å². The van der Waals surface area contributed by atoms with E-state index in [4.69, 9.17) is 34.8 Å². The first-order valence-electron chi connectivity index (χ1n) is 7.72. The van der Waals surface area contributed by atoms with E-state index in [1.54, 1.807) is 24.3 Å². The van der Waals surface area contributed by atoms with Gasteiger partial charge in [0, 0.05) is 20.6 Å². The molecule has 27 heavy (non-hydrogen) atoms. The standard InChI is InChI=1S/C18H12Cl3N3O3/c1-9(25)16(10-2-4-11(19)5-3-10)17-13(20)6-12(7-14(17)21)24-18(27)23-15(26)8-22-24/h2-8,16H,1H3,(H,23,26,27). The van der Waals surface area contributed by atoms with Gasteiger partial charge in [0.1, 0.15) is 12.0 Å². The van der Waals surface area contributed by atoms with Crippen molar-refractivity contribution in [1.29, 1.82) is 0 Å². The third-order valence-corrected chi connectivity index (χ3v) is 4.80. The molecule has 6 nitrogen and oxygen atoms in total. The van der Waals surface area contributed by atoms with E-state index in [0.29, 0.717) is 16.1 Å². The molecule has 0 aliphatic carbocycles. The SMILES string of the molecule is CC(=O)C(c1ccc(Cl)cc1)c1c(Cl)cc(-n2ncc(=O)[nH]c2=O)cc1Cl. The number of benzene rings is 2. The predicted molar refractivity (Wildman–Crippen MR) is 104 cm³/mol. The van der Waals surface area contributed by atoms with Gasteiger partial charge in [0.2, 0.25) is 0 Å². The Labute approximate surface area is 168 Å². The van der Waals surface area contributed by atoms with E-state index in [2.05, 4.69) is 10.1 Å². The minimum atomic E-state index is -0.733. The summed E-state index contributed by atoms with van der Waals surface area (Å²) in [5.74, 6) is -0.857. The van der Waals surface area contributed by atoms with Crippen molar-refractivity contribution in [3.05, 3.63) is 89.6 Å². The molecule has 1 atom stereocenters. The molecular formula is C18H12Cl3N3O3. The molecule has 0 saturated heterocycles. The van der Waals surface area contributed by atoms with Crippen LogP contribution in [-0.4, -0.2) is 20.5 Å². The monoisotopic (exact) mass is 423 g/mol. The molecule has 1 unspecified atom stereocenters. The van der Waals surface area contributed by atoms with Crippen LogP contribution in [0, 0.1) is 0 Å². The molecule has 1 heterocycles. The van der Waals surface area contributed by atoms with Crippen LogP contribution in [0.25, 0.3) is 5.69 Å². The van der Waals surface area contributed by atoms with Crippen molar-refractivity contribution in [2.75, 3.05) is 0 Å². The first kappa shape index (κ1) is 19.4. The summed E-state index contributed by atoms with van der Waals surface area (Å²) in [5.41, 5.74) is -0.00165. The van der Waals surface area contributed by atoms with Crippen LogP contribution >= 0.6 is 34.8 Å². The van der Waals surface area contributed by atoms with Crippen molar-refractivity contribution in [2.45, 2.75) is 12.8 Å². The summed E-state index contributed by atoms with van der Waals surface area (Å²) in [4.78, 5) is 37.5. The minimum absolute atomic E-state index is 0.159. The molecule has 2 aromatic carbocycles. The van der Waals surface area contributed by atoms with Gasteiger partial charge in [-0.15, -0.1) is 0 Å². The molecule has 9 heteroatoms. The Morgan fingerprint density at radius 3 is 2.19 bits per heavy atom. The molecule has 1 aromatic heterocycles. The van der Waals surface area contributed by atoms with Crippen molar-refractivity contribution >= 4 is 40.6 Å². The van der Waals surface area contributed by atoms with Crippen LogP contribution in [0.15, 0.2) is 52.2 Å². The summed E-state index contributed by atoms with van der Waals surface area (Å²) in [6, 6.07) is 9.72. The zero-order chi connectivity index (χ0) is 19.7. The zero-order valence-corrected chi connectivity index (χ0v) is 16.1. The number of aromatic amines is 1. The largest absolute Gasteiger partial charge is 0.349 e. The molecule has 1 N–H and O–H groups in total. The number of H-pyrrole nitrogens is 1. The molecule has 0 fully saturated rings. The van der Waals surface area contributed by atoms with E-state index in [0.717, 1.165) is 10.9 Å². The molecular weight excluding hydrogens is 413 g/mol. The Hall–Kier alpha value is -2.41. The highest BCUT2D eigenvalue weighted by Gasteiger charge is 2.25. The summed E-state index contributed by atoms with van der Waals surface area (Å²) < 4.78 is 0.952. The number of halogens is 3. The van der Waals surface area contributed by atoms with Gasteiger partial charge in [-0.25, -0.2) is 4.79 Å². The number of nitrogens with zero attached hydrogens (tertiary/aromatic N) is 2. The fourth-order valence-electron chi connectivity index (χ4n) is 2.77. The minimum Gasteiger partial charge on any atom is -0.299 e. The summed E-state index contributed by atoms with van der Waals surface area (Å²) >= 11 is 18.7. The van der Waals surface area contributed by atoms with Crippen LogP contribution in [0.5, 0.6) is 0 Å². The van der Waals surface area contributed by atoms with Crippen molar-refractivity contribution < 1.29 is 4.79 Å². The lowest BCUT2D eigenvalue weighted by atomic mass is 9.88. The Bertz CT molecular complexity index is 1110. The molecule has 138 valence electrons. The van der Waals surface area contributed by atoms with E-state index in [1.807, 2.05) is 0 Å². The number of hydrogen-bond donors (Lipinski definition) is 1. The van der Waals surface area contributed by atoms with Crippen molar-refractivity contribution in [3.63, 3.8) is 0 Å². The van der Waals surface area contributed by atoms with Crippen molar-refractivity contribution in [1.82, 2.24) is 14.8 Å². The number of nitrogens with one attached hydrogen (secondary N) is 1. The van der Waals surface area contributed by atoms with Crippen molar-refractivity contribution in [3.8, 4) is 5.69 Å². The van der Waals surface area contributed by atoms with Gasteiger partial charge in [-0.1, -0.05) is 46.9 Å². The molecule has 3 aromatic rings. The highest BCUT2D eigenvalue weighted by atomic mass is 35.5. The van der Waals surface area contributed by atoms with Gasteiger partial charge in [-0.05, 0) is 36.8 Å². The molecule has 0 amide bonds. The maximum absolute atomic E-state index is 12.3. The number of carbonyl (C=O) groups excluding carboxylic acids is 1. The zero-order valence-electron chi connectivity index (χ0n) is 13.9. The topological polar surface area (TPSA) is 84.8 Å². The Kier molecular flexibility index (Phi) is 5.51. The van der Waals surface area contributed by atoms with Crippen LogP contribution in [0.1, 0.15) is 24.0 Å². The Morgan fingerprint density at radius 1 is 1.07 bits per heavy atom. The predicted octanol–water partition coefficient (Wildman–Crippen LogP) is 3.60. The van der Waals surface area contributed by atoms with Gasteiger partial charge in [-0.2, -0.15) is 9.78 Å². The number of rotatable bonds is 4. The lowest BCUT2D eigenvalue weighted by Crippen LogP contribution is -2.30. The van der Waals surface area contributed by atoms with Crippen LogP contribution in [0.3, 0.4) is 0 Å². The maximum atomic E-state index is 12.3. The number of aromatic nitrogens is 3. The lowest BCUT2D eigenvalue weighted by molar-refractivity contribution is -0.117. The molecule has 0 spiro atoms. The number of Topliss-reactive ketones (excluding diaryl/α,β-unsaturated/α-hetero) is 1. The van der Waals surface area contributed by atoms with E-state index in [9.17, 15) is 14.4 Å². The highest BCUT2D eigenvalue weighted by Crippen LogP contribution is 2.38. The maximum Gasteiger partial charge on any atom is 0.349 e. The van der Waals surface area contributed by atoms with Gasteiger partial charge in [0.25, 0.3) is 5.56 Å². The van der Waals surface area contributed by atoms with Crippen LogP contribution in [0.4, 0.5) is 0 Å². The molecule has 0 saturated carbocycles. The van der Waals surface area contributed by atoms with Crippen LogP contribution < -0.4 is 11.2 Å². The molecule has 0 aliphatic rings. The van der Waals surface area contributed by atoms with Crippen molar-refractivity contribution in [2.24, 2.45) is 0 Å². The third-order valence-electron chi connectivity index (χ3n) is 3.92. The second kappa shape index (κ2) is 7.68. The third kappa shape index (κ3) is 3.98. The smallest absolute Gasteiger partial charge is 0.299 e. The first-order valence-corrected chi connectivity index (χ1v) is 8.85. The van der Waals surface area contributed by atoms with E-state index >= 15 is 0 Å². The summed E-state index contributed by atoms with van der Waals surface area (Å²) in [5, 5.41) is 4.68. The highest BCUT2D eigenvalue weighted by molar-refractivity contribution is 6.37. The Morgan fingerprint density at radius 2 is 1.67 bits per heavy atom. The van der Waals surface area contributed by atoms with Gasteiger partial charge in [0.15, 0.2) is 0 Å². The van der Waals surface area contributed by atoms with Crippen LogP contribution in [0.2, 0.25) is 15.1 Å². The van der Waals surface area contributed by atoms with Crippen LogP contribution in [-0.2, 0) is 4.79 Å². The fraction of sp³-hybridized carbons (Fsp3) is 0.111. The lowest BCUT2D eigenvalue weighted by Gasteiger charge is -2.19. The number of carbonyl (C=O) groups is 1. The first-order chi connectivity index (χ1) is 12.8. The summed E-state index contributed by atoms with van der Waals surface area (Å²) in [6.45, 7) is 1.44. The summed E-state index contributed by atoms with van der Waals surface area (Å²) in [6.07, 6.45) is 0.962. The van der Waals surface area contributed by atoms with Gasteiger partial charge in [0.05, 0.1) is 11.6 Å². The number of hydrogen-bond acceptors (Lipinski definition) is 4. The summed E-state index contributed by atoms with van der Waals surface area (Å²) in [7, 11) is 0. The quantitative estimate of drug-likeness (QED) is 0.693. The second-order valence-corrected chi connectivity index (χ2v) is 7.02.